The average molecular weight is 417 g/mol. The van der Waals surface area contributed by atoms with E-state index < -0.39 is 5.60 Å². The minimum absolute atomic E-state index is 0.271. The lowest BCUT2D eigenvalue weighted by Gasteiger charge is -2.26. The number of carbonyl (C=O) groups excluding carboxylic acids is 1. The Morgan fingerprint density at radius 3 is 2.65 bits per heavy atom. The summed E-state index contributed by atoms with van der Waals surface area (Å²) in [6.45, 7) is 6.83. The average Bonchev–Trinajstić information content (AvgIpc) is 3.44. The van der Waals surface area contributed by atoms with Gasteiger partial charge >= 0.3 is 5.97 Å². The molecule has 2 fully saturated rings. The Morgan fingerprint density at radius 2 is 1.97 bits per heavy atom. The second kappa shape index (κ2) is 7.81. The second-order valence-corrected chi connectivity index (χ2v) is 10.3. The van der Waals surface area contributed by atoms with Gasteiger partial charge in [0, 0.05) is 36.3 Å². The Hall–Kier alpha value is -2.62. The largest absolute Gasteiger partial charge is 0.456 e. The van der Waals surface area contributed by atoms with E-state index in [4.69, 9.17) is 9.72 Å². The second-order valence-electron chi connectivity index (χ2n) is 10.3. The van der Waals surface area contributed by atoms with Crippen molar-refractivity contribution in [3.05, 3.63) is 65.1 Å². The highest BCUT2D eigenvalue weighted by Gasteiger charge is 2.28. The fourth-order valence-electron chi connectivity index (χ4n) is 4.53. The monoisotopic (exact) mass is 416 g/mol. The minimum atomic E-state index is -0.525. The lowest BCUT2D eigenvalue weighted by atomic mass is 9.85. The quantitative estimate of drug-likeness (QED) is 0.446. The molecule has 2 aromatic heterocycles. The summed E-state index contributed by atoms with van der Waals surface area (Å²) in [6.07, 6.45) is 11.2. The molecule has 2 aliphatic rings. The topological polar surface area (TPSA) is 44.1 Å². The van der Waals surface area contributed by atoms with Crippen molar-refractivity contribution in [1.82, 2.24) is 9.55 Å². The Morgan fingerprint density at radius 1 is 1.16 bits per heavy atom. The number of carbonyl (C=O) groups is 1. The van der Waals surface area contributed by atoms with Crippen LogP contribution in [-0.2, 0) is 17.7 Å². The highest BCUT2D eigenvalue weighted by atomic mass is 16.6. The molecule has 0 spiro atoms. The molecule has 0 radical (unpaired) electrons. The predicted octanol–water partition coefficient (Wildman–Crippen LogP) is 6.26. The highest BCUT2D eigenvalue weighted by Crippen LogP contribution is 2.40. The third kappa shape index (κ3) is 4.39. The molecule has 4 nitrogen and oxygen atoms in total. The van der Waals surface area contributed by atoms with Crippen LogP contribution in [0.5, 0.6) is 0 Å². The summed E-state index contributed by atoms with van der Waals surface area (Å²) in [4.78, 5) is 17.8. The number of nitrogens with zero attached hydrogens (tertiary/aromatic N) is 2. The van der Waals surface area contributed by atoms with Crippen molar-refractivity contribution >= 4 is 16.9 Å². The van der Waals surface area contributed by atoms with Gasteiger partial charge in [-0.25, -0.2) is 4.79 Å². The molecule has 1 aromatic carbocycles. The fourth-order valence-corrected chi connectivity index (χ4v) is 4.53. The summed E-state index contributed by atoms with van der Waals surface area (Å²) in [5.74, 6) is 1.09. The van der Waals surface area contributed by atoms with Crippen molar-refractivity contribution < 1.29 is 9.53 Å². The van der Waals surface area contributed by atoms with Crippen LogP contribution < -0.4 is 0 Å². The van der Waals surface area contributed by atoms with E-state index >= 15 is 0 Å². The summed E-state index contributed by atoms with van der Waals surface area (Å²) >= 11 is 0. The third-order valence-electron chi connectivity index (χ3n) is 6.60. The summed E-state index contributed by atoms with van der Waals surface area (Å²) < 4.78 is 8.12. The van der Waals surface area contributed by atoms with Crippen LogP contribution in [0.2, 0.25) is 0 Å². The lowest BCUT2D eigenvalue weighted by molar-refractivity contribution is 0.00678. The molecule has 0 unspecified atom stereocenters. The number of benzene rings is 1. The van der Waals surface area contributed by atoms with Crippen LogP contribution in [0, 0.1) is 5.92 Å². The fraction of sp³-hybridized carbons (Fsp3) is 0.481. The number of hydrogen-bond acceptors (Lipinski definition) is 3. The number of aromatic nitrogens is 2. The van der Waals surface area contributed by atoms with Crippen LogP contribution in [0.25, 0.3) is 10.9 Å². The standard InChI is InChI=1S/C27H32N2O2/c1-27(2,3)31-26(30)23-14-21(19-10-11-19)16-28-24(23)15-20-8-5-9-25-22(20)12-13-29(25)17-18-6-4-7-18/h5,8-9,12-14,16,18-19H,4,6-7,10-11,15,17H2,1-3H3. The van der Waals surface area contributed by atoms with Crippen molar-refractivity contribution in [3.8, 4) is 0 Å². The van der Waals surface area contributed by atoms with Gasteiger partial charge in [0.05, 0.1) is 11.3 Å². The normalized spacial score (nSPS) is 17.0. The van der Waals surface area contributed by atoms with Crippen LogP contribution in [-0.4, -0.2) is 21.1 Å². The molecule has 0 bridgehead atoms. The molecule has 2 heterocycles. The molecular weight excluding hydrogens is 384 g/mol. The zero-order valence-electron chi connectivity index (χ0n) is 18.9. The molecule has 0 aliphatic heterocycles. The van der Waals surface area contributed by atoms with Gasteiger partial charge in [-0.3, -0.25) is 4.98 Å². The molecule has 4 heteroatoms. The van der Waals surface area contributed by atoms with Crippen molar-refractivity contribution in [2.45, 2.75) is 77.4 Å². The molecule has 3 aromatic rings. The summed E-state index contributed by atoms with van der Waals surface area (Å²) in [7, 11) is 0. The first-order chi connectivity index (χ1) is 14.9. The van der Waals surface area contributed by atoms with Gasteiger partial charge in [-0.1, -0.05) is 18.6 Å². The van der Waals surface area contributed by atoms with Gasteiger partial charge in [-0.05, 0) is 87.6 Å². The molecule has 162 valence electrons. The molecule has 31 heavy (non-hydrogen) atoms. The van der Waals surface area contributed by atoms with Gasteiger partial charge < -0.3 is 9.30 Å². The number of hydrogen-bond donors (Lipinski definition) is 0. The summed E-state index contributed by atoms with van der Waals surface area (Å²) in [5, 5.41) is 1.25. The van der Waals surface area contributed by atoms with Crippen molar-refractivity contribution in [3.63, 3.8) is 0 Å². The van der Waals surface area contributed by atoms with Gasteiger partial charge in [-0.15, -0.1) is 0 Å². The van der Waals surface area contributed by atoms with E-state index in [0.717, 1.165) is 23.7 Å². The van der Waals surface area contributed by atoms with Gasteiger partial charge in [0.2, 0.25) is 0 Å². The van der Waals surface area contributed by atoms with Crippen LogP contribution in [0.4, 0.5) is 0 Å². The van der Waals surface area contributed by atoms with Crippen LogP contribution in [0.3, 0.4) is 0 Å². The van der Waals surface area contributed by atoms with Gasteiger partial charge in [0.15, 0.2) is 0 Å². The Labute approximate surface area is 184 Å². The Balaban J connectivity index is 1.47. The molecular formula is C27H32N2O2. The lowest BCUT2D eigenvalue weighted by Crippen LogP contribution is -2.25. The van der Waals surface area contributed by atoms with Gasteiger partial charge in [0.1, 0.15) is 5.60 Å². The van der Waals surface area contributed by atoms with E-state index in [1.165, 1.54) is 48.6 Å². The van der Waals surface area contributed by atoms with E-state index in [-0.39, 0.29) is 5.97 Å². The molecule has 0 amide bonds. The van der Waals surface area contributed by atoms with Gasteiger partial charge in [0.25, 0.3) is 0 Å². The van der Waals surface area contributed by atoms with E-state index in [2.05, 4.69) is 35.0 Å². The molecule has 2 saturated carbocycles. The number of pyridine rings is 1. The van der Waals surface area contributed by atoms with Crippen LogP contribution in [0.1, 0.15) is 86.0 Å². The number of ether oxygens (including phenoxy) is 1. The SMILES string of the molecule is CC(C)(C)OC(=O)c1cc(C2CC2)cnc1Cc1cccc2c1ccn2CC1CCC1. The maximum Gasteiger partial charge on any atom is 0.340 e. The number of fused-ring (bicyclic) bond motifs is 1. The molecule has 0 N–H and O–H groups in total. The predicted molar refractivity (Wildman–Crippen MR) is 123 cm³/mol. The molecule has 5 rings (SSSR count). The molecule has 0 saturated heterocycles. The maximum atomic E-state index is 13.0. The van der Waals surface area contributed by atoms with E-state index in [1.807, 2.05) is 33.0 Å². The highest BCUT2D eigenvalue weighted by molar-refractivity contribution is 5.92. The third-order valence-corrected chi connectivity index (χ3v) is 6.60. The van der Waals surface area contributed by atoms with Crippen molar-refractivity contribution in [2.75, 3.05) is 0 Å². The first-order valence-electron chi connectivity index (χ1n) is 11.7. The van der Waals surface area contributed by atoms with Crippen LogP contribution in [0.15, 0.2) is 42.7 Å². The first kappa shape index (κ1) is 20.3. The Kier molecular flexibility index (Phi) is 5.11. The van der Waals surface area contributed by atoms with Crippen molar-refractivity contribution in [1.29, 1.82) is 0 Å². The van der Waals surface area contributed by atoms with E-state index in [9.17, 15) is 4.79 Å². The molecule has 0 atom stereocenters. The molecule has 2 aliphatic carbocycles. The number of rotatable bonds is 6. The zero-order chi connectivity index (χ0) is 21.6. The van der Waals surface area contributed by atoms with Crippen molar-refractivity contribution in [2.24, 2.45) is 5.92 Å². The Bertz CT molecular complexity index is 1110. The maximum absolute atomic E-state index is 13.0. The smallest absolute Gasteiger partial charge is 0.340 e. The minimum Gasteiger partial charge on any atom is -0.456 e. The summed E-state index contributed by atoms with van der Waals surface area (Å²) in [6, 6.07) is 10.7. The van der Waals surface area contributed by atoms with Gasteiger partial charge in [-0.2, -0.15) is 0 Å². The van der Waals surface area contributed by atoms with E-state index in [0.29, 0.717) is 17.9 Å². The number of esters is 1. The first-order valence-corrected chi connectivity index (χ1v) is 11.7. The van der Waals surface area contributed by atoms with E-state index in [1.54, 1.807) is 0 Å². The van der Waals surface area contributed by atoms with Crippen LogP contribution >= 0.6 is 0 Å². The zero-order valence-corrected chi connectivity index (χ0v) is 18.9. The summed E-state index contributed by atoms with van der Waals surface area (Å²) in [5.41, 5.74) is 4.54.